The number of benzene rings is 6. The van der Waals surface area contributed by atoms with Crippen LogP contribution in [0, 0.1) is 0 Å². The third-order valence-electron chi connectivity index (χ3n) is 14.2. The molecule has 18 heteroatoms. The van der Waals surface area contributed by atoms with E-state index in [4.69, 9.17) is 47.4 Å². The molecule has 0 aromatic heterocycles. The monoisotopic (exact) mass is 1090 g/mol. The summed E-state index contributed by atoms with van der Waals surface area (Å²) in [7, 11) is 0. The van der Waals surface area contributed by atoms with Crippen LogP contribution in [0.4, 0.5) is 4.79 Å². The molecule has 6 aromatic carbocycles. The number of carbonyl (C=O) groups excluding carboxylic acids is 2. The van der Waals surface area contributed by atoms with E-state index in [1.165, 1.54) is 13.0 Å². The Morgan fingerprint density at radius 2 is 1.15 bits per heavy atom. The van der Waals surface area contributed by atoms with Crippen molar-refractivity contribution in [2.75, 3.05) is 26.4 Å². The Bertz CT molecular complexity index is 2910. The number of nitrogens with one attached hydrogen (secondary N) is 1. The largest absolute Gasteiger partial charge is 0.460 e. The number of fused-ring (bicyclic) bond motifs is 3. The Morgan fingerprint density at radius 3 is 1.69 bits per heavy atom. The Morgan fingerprint density at radius 1 is 0.650 bits per heavy atom. The number of aliphatic hydroxyl groups excluding tert-OH is 2. The maximum absolute atomic E-state index is 13.8. The van der Waals surface area contributed by atoms with Gasteiger partial charge in [0.15, 0.2) is 18.6 Å². The zero-order chi connectivity index (χ0) is 55.6. The first-order chi connectivity index (χ1) is 39.2. The summed E-state index contributed by atoms with van der Waals surface area (Å²) in [6.45, 7) is 4.64. The minimum Gasteiger partial charge on any atom is -0.460 e. The highest BCUT2D eigenvalue weighted by Gasteiger charge is 2.54. The first-order valence-corrected chi connectivity index (χ1v) is 26.6. The number of ether oxygens (including phenoxy) is 10. The molecule has 1 amide bonds. The first-order valence-electron chi connectivity index (χ1n) is 26.6. The second kappa shape index (κ2) is 28.7. The average molecular weight is 1090 g/mol. The molecule has 0 radical (unpaired) electrons. The third-order valence-corrected chi connectivity index (χ3v) is 14.2. The average Bonchev–Trinajstić information content (AvgIpc) is 4.05. The highest BCUT2D eigenvalue weighted by Crippen LogP contribution is 2.44. The molecule has 3 aliphatic rings. The van der Waals surface area contributed by atoms with E-state index in [-0.39, 0.29) is 52.2 Å². The van der Waals surface area contributed by atoms with Crippen LogP contribution in [-0.2, 0) is 78.6 Å². The Hall–Kier alpha value is -7.29. The fourth-order valence-corrected chi connectivity index (χ4v) is 10.2. The van der Waals surface area contributed by atoms with Crippen LogP contribution in [0.5, 0.6) is 0 Å². The number of carbonyl (C=O) groups is 2. The predicted molar refractivity (Wildman–Crippen MR) is 293 cm³/mol. The minimum atomic E-state index is -1.68. The van der Waals surface area contributed by atoms with Crippen molar-refractivity contribution in [3.8, 4) is 11.1 Å². The van der Waals surface area contributed by atoms with E-state index in [9.17, 15) is 25.3 Å². The van der Waals surface area contributed by atoms with Gasteiger partial charge < -0.3 is 62.9 Å². The van der Waals surface area contributed by atoms with E-state index in [1.807, 2.05) is 170 Å². The van der Waals surface area contributed by atoms with Crippen molar-refractivity contribution in [1.82, 2.24) is 5.32 Å². The van der Waals surface area contributed by atoms with Crippen molar-refractivity contribution >= 4 is 12.1 Å². The molecule has 2 fully saturated rings. The van der Waals surface area contributed by atoms with Gasteiger partial charge in [0.1, 0.15) is 62.0 Å². The molecular formula is C62H66N4O14. The van der Waals surface area contributed by atoms with Crippen LogP contribution in [0.2, 0.25) is 0 Å². The molecule has 18 nitrogen and oxygen atoms in total. The molecule has 80 heavy (non-hydrogen) atoms. The lowest BCUT2D eigenvalue weighted by Crippen LogP contribution is -2.66. The van der Waals surface area contributed by atoms with Crippen LogP contribution in [-0.4, -0.2) is 122 Å². The zero-order valence-corrected chi connectivity index (χ0v) is 44.2. The molecule has 6 aromatic rings. The van der Waals surface area contributed by atoms with Crippen molar-refractivity contribution in [1.29, 1.82) is 0 Å². The molecule has 0 spiro atoms. The van der Waals surface area contributed by atoms with Gasteiger partial charge in [-0.2, -0.15) is 0 Å². The number of alkyl carbamates (subject to hydrolysis) is 1. The van der Waals surface area contributed by atoms with Crippen LogP contribution in [0.15, 0.2) is 188 Å². The van der Waals surface area contributed by atoms with Crippen LogP contribution in [0.3, 0.4) is 0 Å². The van der Waals surface area contributed by atoms with Crippen LogP contribution in [0.1, 0.15) is 46.2 Å². The second-order valence-electron chi connectivity index (χ2n) is 19.5. The van der Waals surface area contributed by atoms with Crippen molar-refractivity contribution in [2.24, 2.45) is 5.11 Å². The Balaban J connectivity index is 1.01. The first kappa shape index (κ1) is 57.4. The predicted octanol–water partition coefficient (Wildman–Crippen LogP) is 8.87. The van der Waals surface area contributed by atoms with E-state index in [1.54, 1.807) is 0 Å². The number of amides is 1. The highest BCUT2D eigenvalue weighted by molar-refractivity contribution is 5.82. The van der Waals surface area contributed by atoms with Crippen molar-refractivity contribution in [3.05, 3.63) is 226 Å². The van der Waals surface area contributed by atoms with Gasteiger partial charge in [0.25, 0.3) is 0 Å². The minimum absolute atomic E-state index is 0.0244. The van der Waals surface area contributed by atoms with E-state index in [0.717, 1.165) is 44.5 Å². The lowest BCUT2D eigenvalue weighted by Gasteiger charge is -2.49. The maximum atomic E-state index is 13.8. The molecule has 9 rings (SSSR count). The lowest BCUT2D eigenvalue weighted by atomic mass is 9.95. The molecule has 3 N–H and O–H groups in total. The van der Waals surface area contributed by atoms with Gasteiger partial charge >= 0.3 is 12.1 Å². The summed E-state index contributed by atoms with van der Waals surface area (Å²) in [5.41, 5.74) is 17.7. The normalized spacial score (nSPS) is 24.0. The van der Waals surface area contributed by atoms with E-state index in [2.05, 4.69) is 21.9 Å². The summed E-state index contributed by atoms with van der Waals surface area (Å²) in [6, 6.07) is 51.0. The highest BCUT2D eigenvalue weighted by atomic mass is 16.7. The van der Waals surface area contributed by atoms with Gasteiger partial charge in [-0.25, -0.2) is 9.59 Å². The summed E-state index contributed by atoms with van der Waals surface area (Å²) in [6.07, 6.45) is -12.4. The molecular weight excluding hydrogens is 1020 g/mol. The SMILES string of the molecule is C=CCOC(=O)[C@@H](NC(=O)OCC1c2ccccc2-c2ccccc21)[C@@H](C)O[C@H]1O[C@H](CO)[C@H](O)[C@H](O[C@@H]2O[C@H](COCc3ccccc3)[C@H](OCc3ccccc3)[C@H](OCc3ccccc3)[C@H]2OCc2ccccc2)[C@H]1N=[N+]=[N-]. The number of aliphatic hydroxyl groups is 2. The zero-order valence-electron chi connectivity index (χ0n) is 44.2. The summed E-state index contributed by atoms with van der Waals surface area (Å²) in [5, 5.41) is 29.5. The molecule has 418 valence electrons. The molecule has 0 saturated carbocycles. The Labute approximate surface area is 464 Å². The van der Waals surface area contributed by atoms with Crippen molar-refractivity contribution in [2.45, 2.75) is 113 Å². The summed E-state index contributed by atoms with van der Waals surface area (Å²) < 4.78 is 64.5. The number of nitrogens with zero attached hydrogens (tertiary/aromatic N) is 3. The molecule has 2 heterocycles. The van der Waals surface area contributed by atoms with Crippen molar-refractivity contribution < 1.29 is 67.2 Å². The number of hydrogen-bond acceptors (Lipinski definition) is 15. The van der Waals surface area contributed by atoms with Gasteiger partial charge in [0, 0.05) is 10.8 Å². The van der Waals surface area contributed by atoms with Crippen LogP contribution in [0.25, 0.3) is 21.6 Å². The molecule has 2 saturated heterocycles. The van der Waals surface area contributed by atoms with Gasteiger partial charge in [0.05, 0.1) is 45.7 Å². The summed E-state index contributed by atoms with van der Waals surface area (Å²) in [4.78, 5) is 30.7. The number of hydrogen-bond donors (Lipinski definition) is 3. The lowest BCUT2D eigenvalue weighted by molar-refractivity contribution is -0.359. The summed E-state index contributed by atoms with van der Waals surface area (Å²) in [5.74, 6) is -1.19. The molecule has 1 aliphatic carbocycles. The van der Waals surface area contributed by atoms with Gasteiger partial charge in [0.2, 0.25) is 0 Å². The summed E-state index contributed by atoms with van der Waals surface area (Å²) >= 11 is 0. The van der Waals surface area contributed by atoms with Crippen molar-refractivity contribution in [3.63, 3.8) is 0 Å². The topological polar surface area (TPSA) is 228 Å². The van der Waals surface area contributed by atoms with Gasteiger partial charge in [-0.1, -0.05) is 188 Å². The fraction of sp³-hybridized carbons (Fsp3) is 0.355. The standard InChI is InChI=1S/C62H66N4O14/c1-3-32-72-59(69)52(64-62(70)76-38-49-47-30-18-16-28-45(47)46-29-17-19-31-48(46)49)40(2)77-60-53(65-66-63)56(54(68)50(33-67)78-60)80-61-58(75-37-44-26-14-7-15-27-44)57(74-36-43-24-12-6-13-25-43)55(73-35-42-22-10-5-11-23-42)51(79-61)39-71-34-41-20-8-4-9-21-41/h3-31,40,49-58,60-61,67-68H,1,32-39H2,2H3,(H,64,70)/t40-,50-,51-,52+,53-,54+,55+,56-,57+,58-,60+,61+/m1/s1. The number of esters is 1. The van der Waals surface area contributed by atoms with E-state index in [0.29, 0.717) is 0 Å². The van der Waals surface area contributed by atoms with E-state index < -0.39 is 92.2 Å². The number of azide groups is 1. The Kier molecular flexibility index (Phi) is 20.6. The van der Waals surface area contributed by atoms with Gasteiger partial charge in [-0.3, -0.25) is 0 Å². The smallest absolute Gasteiger partial charge is 0.407 e. The van der Waals surface area contributed by atoms with Gasteiger partial charge in [-0.15, -0.1) is 0 Å². The molecule has 0 unspecified atom stereocenters. The molecule has 0 bridgehead atoms. The maximum Gasteiger partial charge on any atom is 0.407 e. The quantitative estimate of drug-likeness (QED) is 0.0152. The third kappa shape index (κ3) is 14.5. The molecule has 2 aliphatic heterocycles. The fourth-order valence-electron chi connectivity index (χ4n) is 10.2. The number of rotatable bonds is 26. The van der Waals surface area contributed by atoms with Crippen LogP contribution >= 0.6 is 0 Å². The molecule has 12 atom stereocenters. The van der Waals surface area contributed by atoms with Crippen LogP contribution < -0.4 is 5.32 Å². The second-order valence-corrected chi connectivity index (χ2v) is 19.5. The van der Waals surface area contributed by atoms with Gasteiger partial charge in [-0.05, 0) is 57.0 Å². The van der Waals surface area contributed by atoms with E-state index >= 15 is 0 Å².